The average molecular weight is 249 g/mol. The van der Waals surface area contributed by atoms with E-state index < -0.39 is 17.5 Å². The van der Waals surface area contributed by atoms with Gasteiger partial charge in [0.15, 0.2) is 17.5 Å². The molecule has 0 aliphatic heterocycles. The third-order valence-electron chi connectivity index (χ3n) is 1.96. The minimum absolute atomic E-state index is 0.159. The lowest BCUT2D eigenvalue weighted by atomic mass is 10.2. The molecule has 84 valence electrons. The van der Waals surface area contributed by atoms with Crippen LogP contribution in [0.25, 0.3) is 10.9 Å². The van der Waals surface area contributed by atoms with Gasteiger partial charge in [-0.25, -0.2) is 18.2 Å². The Labute approximate surface area is 92.8 Å². The van der Waals surface area contributed by atoms with Crippen molar-refractivity contribution >= 4 is 22.5 Å². The Morgan fingerprint density at radius 1 is 1.19 bits per heavy atom. The molecule has 0 unspecified atom stereocenters. The summed E-state index contributed by atoms with van der Waals surface area (Å²) in [5.41, 5.74) is -0.159. The molecule has 1 heterocycles. The van der Waals surface area contributed by atoms with E-state index in [2.05, 4.69) is 9.97 Å². The summed E-state index contributed by atoms with van der Waals surface area (Å²) in [6.45, 7) is 0. The highest BCUT2D eigenvalue weighted by Crippen LogP contribution is 2.29. The summed E-state index contributed by atoms with van der Waals surface area (Å²) < 4.78 is 44.0. The molecular weight excluding hydrogens is 245 g/mol. The van der Waals surface area contributed by atoms with Crippen LogP contribution < -0.4 is 4.74 Å². The highest BCUT2D eigenvalue weighted by molar-refractivity contribution is 6.28. The van der Waals surface area contributed by atoms with Gasteiger partial charge in [0.05, 0.1) is 12.6 Å². The van der Waals surface area contributed by atoms with Gasteiger partial charge in [-0.15, -0.1) is 0 Å². The number of ether oxygens (including phenoxy) is 1. The van der Waals surface area contributed by atoms with Crippen molar-refractivity contribution < 1.29 is 17.9 Å². The van der Waals surface area contributed by atoms with Crippen molar-refractivity contribution in [1.29, 1.82) is 0 Å². The lowest BCUT2D eigenvalue weighted by Gasteiger charge is -2.06. The van der Waals surface area contributed by atoms with Crippen molar-refractivity contribution in [3.05, 3.63) is 28.8 Å². The van der Waals surface area contributed by atoms with Gasteiger partial charge in [0.25, 0.3) is 0 Å². The molecular formula is C9H4ClF3N2O. The predicted octanol–water partition coefficient (Wildman–Crippen LogP) is 2.71. The molecule has 0 radical (unpaired) electrons. The van der Waals surface area contributed by atoms with E-state index >= 15 is 0 Å². The second-order valence-corrected chi connectivity index (χ2v) is 3.22. The van der Waals surface area contributed by atoms with Gasteiger partial charge >= 0.3 is 0 Å². The van der Waals surface area contributed by atoms with E-state index in [1.807, 2.05) is 0 Å². The fraction of sp³-hybridized carbons (Fsp3) is 0.111. The molecule has 16 heavy (non-hydrogen) atoms. The van der Waals surface area contributed by atoms with Gasteiger partial charge in [0, 0.05) is 6.07 Å². The Balaban J connectivity index is 2.95. The molecule has 7 heteroatoms. The van der Waals surface area contributed by atoms with Crippen LogP contribution in [0.4, 0.5) is 13.2 Å². The van der Waals surface area contributed by atoms with Crippen LogP contribution in [-0.4, -0.2) is 17.1 Å². The molecule has 1 aromatic carbocycles. The van der Waals surface area contributed by atoms with Gasteiger partial charge in [0.2, 0.25) is 11.2 Å². The Morgan fingerprint density at radius 2 is 1.88 bits per heavy atom. The van der Waals surface area contributed by atoms with Crippen molar-refractivity contribution in [2.24, 2.45) is 0 Å². The number of hydrogen-bond acceptors (Lipinski definition) is 3. The van der Waals surface area contributed by atoms with Gasteiger partial charge in [-0.05, 0) is 11.6 Å². The number of aromatic nitrogens is 2. The van der Waals surface area contributed by atoms with E-state index in [4.69, 9.17) is 16.3 Å². The average Bonchev–Trinajstić information content (AvgIpc) is 2.24. The summed E-state index contributed by atoms with van der Waals surface area (Å²) >= 11 is 5.51. The molecule has 0 N–H and O–H groups in total. The van der Waals surface area contributed by atoms with Gasteiger partial charge in [-0.3, -0.25) is 0 Å². The summed E-state index contributed by atoms with van der Waals surface area (Å²) in [7, 11) is 1.21. The minimum Gasteiger partial charge on any atom is -0.480 e. The zero-order chi connectivity index (χ0) is 11.9. The number of methoxy groups -OCH3 is 1. The van der Waals surface area contributed by atoms with Gasteiger partial charge in [-0.1, -0.05) is 0 Å². The van der Waals surface area contributed by atoms with Crippen molar-refractivity contribution in [2.45, 2.75) is 0 Å². The first-order chi connectivity index (χ1) is 7.54. The maximum absolute atomic E-state index is 13.4. The highest BCUT2D eigenvalue weighted by Gasteiger charge is 2.19. The van der Waals surface area contributed by atoms with E-state index in [0.717, 1.165) is 6.07 Å². The maximum Gasteiger partial charge on any atom is 0.228 e. The van der Waals surface area contributed by atoms with Gasteiger partial charge < -0.3 is 4.74 Å². The van der Waals surface area contributed by atoms with Gasteiger partial charge in [-0.2, -0.15) is 4.98 Å². The Bertz CT molecular complexity index is 576. The highest BCUT2D eigenvalue weighted by atomic mass is 35.5. The number of rotatable bonds is 1. The van der Waals surface area contributed by atoms with E-state index in [9.17, 15) is 13.2 Å². The largest absolute Gasteiger partial charge is 0.480 e. The molecule has 2 aromatic rings. The SMILES string of the molecule is COc1nc(Cl)nc2cc(F)c(F)c(F)c12. The molecule has 2 rings (SSSR count). The van der Waals surface area contributed by atoms with Crippen LogP contribution in [0.5, 0.6) is 5.88 Å². The molecule has 0 saturated carbocycles. The standard InChI is InChI=1S/C9H4ClF3N2O/c1-16-8-5-4(14-9(10)15-8)2-3(11)6(12)7(5)13/h2H,1H3. The third-order valence-corrected chi connectivity index (χ3v) is 2.12. The van der Waals surface area contributed by atoms with E-state index in [-0.39, 0.29) is 22.1 Å². The monoisotopic (exact) mass is 248 g/mol. The number of nitrogens with zero attached hydrogens (tertiary/aromatic N) is 2. The van der Waals surface area contributed by atoms with Crippen LogP contribution in [0, 0.1) is 17.5 Å². The fourth-order valence-corrected chi connectivity index (χ4v) is 1.45. The summed E-state index contributed by atoms with van der Waals surface area (Å²) in [5.74, 6) is -4.59. The van der Waals surface area contributed by atoms with Crippen LogP contribution in [0.3, 0.4) is 0 Å². The van der Waals surface area contributed by atoms with Crippen molar-refractivity contribution in [2.75, 3.05) is 7.11 Å². The van der Waals surface area contributed by atoms with Crippen molar-refractivity contribution in [3.8, 4) is 5.88 Å². The topological polar surface area (TPSA) is 35.0 Å². The fourth-order valence-electron chi connectivity index (χ4n) is 1.29. The van der Waals surface area contributed by atoms with Crippen LogP contribution in [-0.2, 0) is 0 Å². The van der Waals surface area contributed by atoms with Gasteiger partial charge in [0.1, 0.15) is 5.39 Å². The van der Waals surface area contributed by atoms with Crippen molar-refractivity contribution in [3.63, 3.8) is 0 Å². The summed E-state index contributed by atoms with van der Waals surface area (Å²) in [4.78, 5) is 7.13. The van der Waals surface area contributed by atoms with E-state index in [1.54, 1.807) is 0 Å². The van der Waals surface area contributed by atoms with Crippen LogP contribution in [0.1, 0.15) is 0 Å². The van der Waals surface area contributed by atoms with Crippen LogP contribution in [0.15, 0.2) is 6.07 Å². The lowest BCUT2D eigenvalue weighted by Crippen LogP contribution is -1.99. The molecule has 3 nitrogen and oxygen atoms in total. The molecule has 0 fully saturated rings. The number of benzene rings is 1. The van der Waals surface area contributed by atoms with E-state index in [1.165, 1.54) is 7.11 Å². The quantitative estimate of drug-likeness (QED) is 0.575. The first kappa shape index (κ1) is 10.9. The predicted molar refractivity (Wildman–Crippen MR) is 51.0 cm³/mol. The molecule has 0 amide bonds. The Kier molecular flexibility index (Phi) is 2.59. The molecule has 0 aliphatic rings. The van der Waals surface area contributed by atoms with Crippen LogP contribution in [0.2, 0.25) is 5.28 Å². The minimum atomic E-state index is -1.60. The number of hydrogen-bond donors (Lipinski definition) is 0. The third kappa shape index (κ3) is 1.55. The van der Waals surface area contributed by atoms with Crippen LogP contribution >= 0.6 is 11.6 Å². The first-order valence-electron chi connectivity index (χ1n) is 4.09. The molecule has 0 spiro atoms. The number of halogens is 4. The zero-order valence-corrected chi connectivity index (χ0v) is 8.65. The zero-order valence-electron chi connectivity index (χ0n) is 7.89. The molecule has 0 saturated heterocycles. The molecule has 1 aromatic heterocycles. The summed E-state index contributed by atoms with van der Waals surface area (Å²) in [6, 6.07) is 0.726. The molecule has 0 bridgehead atoms. The normalized spacial score (nSPS) is 10.8. The van der Waals surface area contributed by atoms with E-state index in [0.29, 0.717) is 0 Å². The summed E-state index contributed by atoms with van der Waals surface area (Å²) in [5, 5.41) is -0.583. The molecule has 0 aliphatic carbocycles. The number of fused-ring (bicyclic) bond motifs is 1. The second-order valence-electron chi connectivity index (χ2n) is 2.88. The Morgan fingerprint density at radius 3 is 2.50 bits per heavy atom. The summed E-state index contributed by atoms with van der Waals surface area (Å²) in [6.07, 6.45) is 0. The molecule has 0 atom stereocenters. The van der Waals surface area contributed by atoms with Crippen molar-refractivity contribution in [1.82, 2.24) is 9.97 Å². The lowest BCUT2D eigenvalue weighted by molar-refractivity contribution is 0.397. The Hall–Kier alpha value is -1.56. The maximum atomic E-state index is 13.4. The smallest absolute Gasteiger partial charge is 0.228 e. The first-order valence-corrected chi connectivity index (χ1v) is 4.47. The second kappa shape index (κ2) is 3.79.